The summed E-state index contributed by atoms with van der Waals surface area (Å²) < 4.78 is 10.6. The van der Waals surface area contributed by atoms with Crippen LogP contribution >= 0.6 is 15.9 Å². The summed E-state index contributed by atoms with van der Waals surface area (Å²) >= 11 is 3.25. The van der Waals surface area contributed by atoms with Crippen LogP contribution in [0, 0.1) is 0 Å². The molecule has 0 saturated heterocycles. The Morgan fingerprint density at radius 1 is 1.47 bits per heavy atom. The number of halogens is 1. The zero-order chi connectivity index (χ0) is 12.8. The molecule has 0 amide bonds. The highest BCUT2D eigenvalue weighted by atomic mass is 79.9. The van der Waals surface area contributed by atoms with Crippen LogP contribution < -0.4 is 4.74 Å². The lowest BCUT2D eigenvalue weighted by Crippen LogP contribution is -2.09. The topological polar surface area (TPSA) is 52.6 Å². The molecule has 1 aromatic carbocycles. The molecule has 1 aromatic rings. The highest BCUT2D eigenvalue weighted by Gasteiger charge is 2.12. The number of methoxy groups -OCH3 is 1. The lowest BCUT2D eigenvalue weighted by Gasteiger charge is -2.10. The average molecular weight is 301 g/mol. The predicted octanol–water partition coefficient (Wildman–Crippen LogP) is 2.38. The monoisotopic (exact) mass is 300 g/mol. The maximum absolute atomic E-state index is 11.4. The Hall–Kier alpha value is -1.36. The summed E-state index contributed by atoms with van der Waals surface area (Å²) in [6, 6.07) is 3.28. The van der Waals surface area contributed by atoms with E-state index in [0.29, 0.717) is 28.0 Å². The van der Waals surface area contributed by atoms with Crippen LogP contribution in [0.25, 0.3) is 0 Å². The van der Waals surface area contributed by atoms with Gasteiger partial charge in [0.1, 0.15) is 5.75 Å². The largest absolute Gasteiger partial charge is 0.496 e. The first-order valence-corrected chi connectivity index (χ1v) is 5.88. The van der Waals surface area contributed by atoms with Gasteiger partial charge in [-0.05, 0) is 35.0 Å². The molecule has 0 saturated carbocycles. The van der Waals surface area contributed by atoms with E-state index in [-0.39, 0.29) is 12.4 Å². The second-order valence-electron chi connectivity index (χ2n) is 3.29. The van der Waals surface area contributed by atoms with Crippen molar-refractivity contribution in [2.75, 3.05) is 13.7 Å². The molecule has 0 aliphatic heterocycles. The molecule has 0 aliphatic carbocycles. The van der Waals surface area contributed by atoms with E-state index in [4.69, 9.17) is 9.47 Å². The molecule has 92 valence electrons. The van der Waals surface area contributed by atoms with Crippen molar-refractivity contribution in [2.45, 2.75) is 13.3 Å². The Kier molecular flexibility index (Phi) is 5.15. The molecule has 0 bridgehead atoms. The van der Waals surface area contributed by atoms with Crippen LogP contribution in [0.1, 0.15) is 22.8 Å². The van der Waals surface area contributed by atoms with E-state index in [1.54, 1.807) is 19.1 Å². The van der Waals surface area contributed by atoms with Gasteiger partial charge in [0, 0.05) is 15.6 Å². The Labute approximate surface area is 108 Å². The highest BCUT2D eigenvalue weighted by molar-refractivity contribution is 9.10. The zero-order valence-electron chi connectivity index (χ0n) is 9.66. The van der Waals surface area contributed by atoms with E-state index in [1.807, 2.05) is 0 Å². The number of carbonyl (C=O) groups is 2. The van der Waals surface area contributed by atoms with E-state index in [9.17, 15) is 9.59 Å². The summed E-state index contributed by atoms with van der Waals surface area (Å²) in [5, 5.41) is 0. The van der Waals surface area contributed by atoms with E-state index in [0.717, 1.165) is 6.29 Å². The molecule has 0 aliphatic rings. The van der Waals surface area contributed by atoms with Gasteiger partial charge in [0.25, 0.3) is 0 Å². The van der Waals surface area contributed by atoms with E-state index >= 15 is 0 Å². The van der Waals surface area contributed by atoms with Crippen molar-refractivity contribution in [3.8, 4) is 5.75 Å². The second-order valence-corrected chi connectivity index (χ2v) is 4.14. The minimum atomic E-state index is -0.343. The minimum Gasteiger partial charge on any atom is -0.496 e. The number of hydrogen-bond acceptors (Lipinski definition) is 4. The van der Waals surface area contributed by atoms with Gasteiger partial charge in [-0.3, -0.25) is 9.59 Å². The van der Waals surface area contributed by atoms with Gasteiger partial charge >= 0.3 is 5.97 Å². The molecule has 0 aromatic heterocycles. The van der Waals surface area contributed by atoms with Crippen molar-refractivity contribution < 1.29 is 19.1 Å². The van der Waals surface area contributed by atoms with Gasteiger partial charge in [0.2, 0.25) is 0 Å². The fourth-order valence-corrected chi connectivity index (χ4v) is 1.82. The third-order valence-electron chi connectivity index (χ3n) is 2.17. The van der Waals surface area contributed by atoms with Crippen LogP contribution in [0.4, 0.5) is 0 Å². The predicted molar refractivity (Wildman–Crippen MR) is 66.4 cm³/mol. The number of esters is 1. The summed E-state index contributed by atoms with van der Waals surface area (Å²) in [4.78, 5) is 22.2. The fourth-order valence-electron chi connectivity index (χ4n) is 1.40. The first-order valence-electron chi connectivity index (χ1n) is 5.09. The summed E-state index contributed by atoms with van der Waals surface area (Å²) in [7, 11) is 1.51. The van der Waals surface area contributed by atoms with Gasteiger partial charge in [0.15, 0.2) is 6.29 Å². The molecule has 17 heavy (non-hydrogen) atoms. The molecule has 0 radical (unpaired) electrons. The van der Waals surface area contributed by atoms with Gasteiger partial charge in [-0.25, -0.2) is 0 Å². The number of aldehydes is 1. The molecule has 5 heteroatoms. The molecule has 0 atom stereocenters. The number of hydrogen-bond donors (Lipinski definition) is 0. The third kappa shape index (κ3) is 3.56. The van der Waals surface area contributed by atoms with Gasteiger partial charge in [-0.2, -0.15) is 0 Å². The maximum atomic E-state index is 11.4. The summed E-state index contributed by atoms with van der Waals surface area (Å²) in [6.45, 7) is 2.08. The van der Waals surface area contributed by atoms with E-state index < -0.39 is 0 Å². The lowest BCUT2D eigenvalue weighted by atomic mass is 10.1. The van der Waals surface area contributed by atoms with Crippen LogP contribution in [0.15, 0.2) is 16.6 Å². The Morgan fingerprint density at radius 3 is 2.71 bits per heavy atom. The molecule has 1 rings (SSSR count). The summed E-state index contributed by atoms with van der Waals surface area (Å²) in [6.07, 6.45) is 0.809. The van der Waals surface area contributed by atoms with Crippen molar-refractivity contribution in [3.63, 3.8) is 0 Å². The Morgan fingerprint density at radius 2 is 2.18 bits per heavy atom. The van der Waals surface area contributed by atoms with Gasteiger partial charge in [0.05, 0.1) is 20.1 Å². The van der Waals surface area contributed by atoms with Gasteiger partial charge in [-0.1, -0.05) is 0 Å². The number of ether oxygens (including phenoxy) is 2. The van der Waals surface area contributed by atoms with Crippen LogP contribution in [-0.4, -0.2) is 26.0 Å². The molecule has 0 N–H and O–H groups in total. The Balaban J connectivity index is 3.03. The van der Waals surface area contributed by atoms with Crippen LogP contribution in [0.2, 0.25) is 0 Å². The molecule has 0 unspecified atom stereocenters. The van der Waals surface area contributed by atoms with Crippen molar-refractivity contribution >= 4 is 28.2 Å². The minimum absolute atomic E-state index is 0.0884. The maximum Gasteiger partial charge on any atom is 0.310 e. The molecule has 0 spiro atoms. The van der Waals surface area contributed by atoms with Gasteiger partial charge < -0.3 is 9.47 Å². The molecule has 0 heterocycles. The highest BCUT2D eigenvalue weighted by Crippen LogP contribution is 2.27. The molecular weight excluding hydrogens is 288 g/mol. The Bertz CT molecular complexity index is 429. The molecule has 0 fully saturated rings. The van der Waals surface area contributed by atoms with Crippen molar-refractivity contribution in [1.29, 1.82) is 0 Å². The molecule has 4 nitrogen and oxygen atoms in total. The van der Waals surface area contributed by atoms with E-state index in [2.05, 4.69) is 15.9 Å². The van der Waals surface area contributed by atoms with Crippen LogP contribution in [0.3, 0.4) is 0 Å². The van der Waals surface area contributed by atoms with Crippen molar-refractivity contribution in [1.82, 2.24) is 0 Å². The van der Waals surface area contributed by atoms with Gasteiger partial charge in [-0.15, -0.1) is 0 Å². The summed E-state index contributed by atoms with van der Waals surface area (Å²) in [5.41, 5.74) is 1.11. The van der Waals surface area contributed by atoms with Crippen LogP contribution in [0.5, 0.6) is 5.75 Å². The average Bonchev–Trinajstić information content (AvgIpc) is 2.31. The number of benzene rings is 1. The first-order chi connectivity index (χ1) is 8.12. The van der Waals surface area contributed by atoms with Crippen molar-refractivity contribution in [2.24, 2.45) is 0 Å². The molecular formula is C12H13BrO4. The second kappa shape index (κ2) is 6.39. The first kappa shape index (κ1) is 13.7. The summed E-state index contributed by atoms with van der Waals surface area (Å²) in [5.74, 6) is 0.209. The normalized spacial score (nSPS) is 9.82. The number of carbonyl (C=O) groups excluding carboxylic acids is 2. The zero-order valence-corrected chi connectivity index (χ0v) is 11.2. The third-order valence-corrected chi connectivity index (χ3v) is 2.85. The number of rotatable bonds is 5. The van der Waals surface area contributed by atoms with E-state index in [1.165, 1.54) is 7.11 Å². The lowest BCUT2D eigenvalue weighted by molar-refractivity contribution is -0.142. The van der Waals surface area contributed by atoms with Crippen LogP contribution in [-0.2, 0) is 16.0 Å². The SMILES string of the molecule is CCOC(=O)Cc1cc(C=O)c(Br)cc1OC. The smallest absolute Gasteiger partial charge is 0.310 e. The van der Waals surface area contributed by atoms with Crippen molar-refractivity contribution in [3.05, 3.63) is 27.7 Å². The quantitative estimate of drug-likeness (QED) is 0.619. The fraction of sp³-hybridized carbons (Fsp3) is 0.333. The standard InChI is InChI=1S/C12H13BrO4/c1-3-17-12(15)5-8-4-9(7-14)10(13)6-11(8)16-2/h4,6-7H,3,5H2,1-2H3.